The van der Waals surface area contributed by atoms with Crippen molar-refractivity contribution in [2.24, 2.45) is 11.3 Å². The van der Waals surface area contributed by atoms with Crippen LogP contribution in [0.3, 0.4) is 0 Å². The number of likely N-dealkylation sites (tertiary alicyclic amines) is 1. The second kappa shape index (κ2) is 14.2. The van der Waals surface area contributed by atoms with Crippen molar-refractivity contribution in [2.75, 3.05) is 13.7 Å². The van der Waals surface area contributed by atoms with Crippen LogP contribution >= 0.6 is 11.3 Å². The van der Waals surface area contributed by atoms with Crippen LogP contribution in [0.25, 0.3) is 10.6 Å². The lowest BCUT2D eigenvalue weighted by Crippen LogP contribution is -2.60. The van der Waals surface area contributed by atoms with Crippen LogP contribution in [0.4, 0.5) is 4.79 Å². The summed E-state index contributed by atoms with van der Waals surface area (Å²) in [6.07, 6.45) is 5.43. The second-order valence-electron chi connectivity index (χ2n) is 15.2. The van der Waals surface area contributed by atoms with Crippen LogP contribution in [-0.4, -0.2) is 84.7 Å². The maximum atomic E-state index is 14.5. The van der Waals surface area contributed by atoms with E-state index in [0.29, 0.717) is 24.3 Å². The van der Waals surface area contributed by atoms with E-state index >= 15 is 0 Å². The molecule has 0 unspecified atom stereocenters. The lowest BCUT2D eigenvalue weighted by Gasteiger charge is -2.35. The van der Waals surface area contributed by atoms with Gasteiger partial charge in [-0.25, -0.2) is 18.2 Å². The number of carbonyl (C=O) groups is 4. The SMILES string of the molecule is C=C[C@@H]1C[C@]1(NC(=O)[C@@H]1C[C@@H](c2csc(-c3cccc(OC)c3)n2)CN1C(=O)[C@@H](NC(=O)OC1CCCC1)C(C)(C)C)C(=O)NS(=O)(=O)C1CC1. The highest BCUT2D eigenvalue weighted by atomic mass is 32.2. The molecule has 4 fully saturated rings. The summed E-state index contributed by atoms with van der Waals surface area (Å²) in [7, 11) is -2.28. The molecule has 1 saturated heterocycles. The van der Waals surface area contributed by atoms with Crippen molar-refractivity contribution in [3.8, 4) is 16.3 Å². The van der Waals surface area contributed by atoms with Gasteiger partial charge < -0.3 is 25.0 Å². The molecule has 0 spiro atoms. The summed E-state index contributed by atoms with van der Waals surface area (Å²) in [5.74, 6) is -2.03. The van der Waals surface area contributed by atoms with Crippen LogP contribution in [0.1, 0.15) is 83.7 Å². The number of rotatable bonds is 12. The molecule has 4 aliphatic rings. The lowest BCUT2D eigenvalue weighted by atomic mass is 9.85. The number of ether oxygens (including phenoxy) is 2. The zero-order chi connectivity index (χ0) is 36.7. The zero-order valence-electron chi connectivity index (χ0n) is 29.5. The number of hydrogen-bond donors (Lipinski definition) is 3. The van der Waals surface area contributed by atoms with E-state index in [9.17, 15) is 27.6 Å². The van der Waals surface area contributed by atoms with Crippen molar-refractivity contribution in [1.29, 1.82) is 0 Å². The molecular formula is C36H47N5O8S2. The molecule has 13 nitrogen and oxygen atoms in total. The van der Waals surface area contributed by atoms with Gasteiger partial charge in [-0.1, -0.05) is 39.0 Å². The van der Waals surface area contributed by atoms with E-state index in [1.165, 1.54) is 22.3 Å². The smallest absolute Gasteiger partial charge is 0.408 e. The third-order valence-corrected chi connectivity index (χ3v) is 13.1. The Morgan fingerprint density at radius 3 is 2.49 bits per heavy atom. The van der Waals surface area contributed by atoms with Crippen molar-refractivity contribution < 1.29 is 37.1 Å². The summed E-state index contributed by atoms with van der Waals surface area (Å²) in [5, 5.41) is 7.66. The van der Waals surface area contributed by atoms with Gasteiger partial charge in [0, 0.05) is 29.3 Å². The number of aromatic nitrogens is 1. The van der Waals surface area contributed by atoms with Crippen molar-refractivity contribution >= 4 is 45.2 Å². The Labute approximate surface area is 303 Å². The normalized spacial score (nSPS) is 25.5. The second-order valence-corrected chi connectivity index (χ2v) is 18.0. The van der Waals surface area contributed by atoms with Gasteiger partial charge in [0.05, 0.1) is 18.1 Å². The van der Waals surface area contributed by atoms with E-state index in [-0.39, 0.29) is 31.4 Å². The highest BCUT2D eigenvalue weighted by molar-refractivity contribution is 7.91. The average Bonchev–Trinajstić information content (AvgIpc) is 3.85. The van der Waals surface area contributed by atoms with E-state index in [1.54, 1.807) is 7.11 Å². The average molecular weight is 742 g/mol. The molecule has 2 heterocycles. The van der Waals surface area contributed by atoms with Gasteiger partial charge in [-0.2, -0.15) is 0 Å². The van der Waals surface area contributed by atoms with Crippen LogP contribution in [0, 0.1) is 11.3 Å². The van der Waals surface area contributed by atoms with E-state index in [0.717, 1.165) is 36.3 Å². The molecule has 1 aromatic heterocycles. The predicted octanol–water partition coefficient (Wildman–Crippen LogP) is 4.26. The first kappa shape index (κ1) is 36.8. The Balaban J connectivity index is 1.27. The van der Waals surface area contributed by atoms with Gasteiger partial charge in [0.1, 0.15) is 34.5 Å². The van der Waals surface area contributed by atoms with Crippen molar-refractivity contribution in [3.05, 3.63) is 48.0 Å². The fraction of sp³-hybridized carbons (Fsp3) is 0.583. The number of amides is 4. The number of thiazole rings is 1. The topological polar surface area (TPSA) is 173 Å². The maximum Gasteiger partial charge on any atom is 0.408 e. The van der Waals surface area contributed by atoms with Crippen LogP contribution < -0.4 is 20.1 Å². The third-order valence-electron chi connectivity index (χ3n) is 10.3. The van der Waals surface area contributed by atoms with Crippen LogP contribution in [0.15, 0.2) is 42.3 Å². The first-order valence-electron chi connectivity index (χ1n) is 17.5. The molecule has 1 aliphatic heterocycles. The summed E-state index contributed by atoms with van der Waals surface area (Å²) < 4.78 is 38.6. The molecule has 2 aromatic rings. The molecular weight excluding hydrogens is 695 g/mol. The van der Waals surface area contributed by atoms with Gasteiger partial charge in [0.25, 0.3) is 5.91 Å². The summed E-state index contributed by atoms with van der Waals surface area (Å²) in [6.45, 7) is 9.39. The highest BCUT2D eigenvalue weighted by Crippen LogP contribution is 2.46. The molecule has 3 N–H and O–H groups in total. The molecule has 1 aromatic carbocycles. The Bertz CT molecular complexity index is 1800. The minimum absolute atomic E-state index is 0.129. The molecule has 6 rings (SSSR count). The number of methoxy groups -OCH3 is 1. The number of alkyl carbamates (subject to hydrolysis) is 1. The van der Waals surface area contributed by atoms with Gasteiger partial charge in [-0.15, -0.1) is 17.9 Å². The molecule has 0 bridgehead atoms. The number of hydrogen-bond acceptors (Lipinski definition) is 10. The Morgan fingerprint density at radius 2 is 1.86 bits per heavy atom. The summed E-state index contributed by atoms with van der Waals surface area (Å²) in [4.78, 5) is 61.7. The fourth-order valence-electron chi connectivity index (χ4n) is 7.05. The lowest BCUT2D eigenvalue weighted by molar-refractivity contribution is -0.142. The highest BCUT2D eigenvalue weighted by Gasteiger charge is 2.62. The quantitative estimate of drug-likeness (QED) is 0.269. The van der Waals surface area contributed by atoms with Gasteiger partial charge in [0.15, 0.2) is 0 Å². The summed E-state index contributed by atoms with van der Waals surface area (Å²) in [5.41, 5.74) is -0.707. The monoisotopic (exact) mass is 741 g/mol. The molecule has 4 amide bonds. The number of nitrogens with zero attached hydrogens (tertiary/aromatic N) is 2. The molecule has 15 heteroatoms. The Hall–Kier alpha value is -3.98. The van der Waals surface area contributed by atoms with E-state index in [2.05, 4.69) is 21.9 Å². The minimum Gasteiger partial charge on any atom is -0.497 e. The standard InChI is InChI=1S/C36H47N5O8S2/c1-6-23-18-36(23,33(44)40-51(46,47)26-14-15-26)39-30(42)28-17-22(27-20-50-31(37-27)21-10-9-13-25(16-21)48-5)19-41(28)32(43)29(35(2,3)4)38-34(45)49-24-11-7-8-12-24/h6,9-10,13,16,20,22-24,26,28-29H,1,7-8,11-12,14-15,17-19H2,2-5H3,(H,38,45)(H,39,42)(H,40,44)/t22-,23-,28+,29-,36-/m1/s1. The predicted molar refractivity (Wildman–Crippen MR) is 191 cm³/mol. The molecule has 3 aliphatic carbocycles. The first-order valence-corrected chi connectivity index (χ1v) is 20.0. The number of benzene rings is 1. The molecule has 0 radical (unpaired) electrons. The van der Waals surface area contributed by atoms with Crippen LogP contribution in [0.5, 0.6) is 5.75 Å². The number of nitrogens with one attached hydrogen (secondary N) is 3. The molecule has 51 heavy (non-hydrogen) atoms. The van der Waals surface area contributed by atoms with Crippen molar-refractivity contribution in [3.63, 3.8) is 0 Å². The van der Waals surface area contributed by atoms with Gasteiger partial charge in [-0.3, -0.25) is 19.1 Å². The summed E-state index contributed by atoms with van der Waals surface area (Å²) >= 11 is 1.44. The van der Waals surface area contributed by atoms with Gasteiger partial charge >= 0.3 is 6.09 Å². The van der Waals surface area contributed by atoms with Crippen molar-refractivity contribution in [2.45, 2.75) is 107 Å². The van der Waals surface area contributed by atoms with E-state index < -0.39 is 68.0 Å². The fourth-order valence-corrected chi connectivity index (χ4v) is 9.31. The van der Waals surface area contributed by atoms with Crippen LogP contribution in [0.2, 0.25) is 0 Å². The maximum absolute atomic E-state index is 14.5. The number of sulfonamides is 1. The summed E-state index contributed by atoms with van der Waals surface area (Å²) in [6, 6.07) is 5.45. The van der Waals surface area contributed by atoms with E-state index in [1.807, 2.05) is 50.4 Å². The molecule has 3 saturated carbocycles. The minimum atomic E-state index is -3.87. The molecule has 5 atom stereocenters. The Kier molecular flexibility index (Phi) is 10.3. The third kappa shape index (κ3) is 7.93. The molecule has 276 valence electrons. The van der Waals surface area contributed by atoms with Crippen LogP contribution in [-0.2, 0) is 29.1 Å². The van der Waals surface area contributed by atoms with E-state index in [4.69, 9.17) is 14.5 Å². The zero-order valence-corrected chi connectivity index (χ0v) is 31.1. The van der Waals surface area contributed by atoms with Crippen molar-refractivity contribution in [1.82, 2.24) is 25.2 Å². The van der Waals surface area contributed by atoms with Gasteiger partial charge in [-0.05, 0) is 68.9 Å². The first-order chi connectivity index (χ1) is 24.1. The number of carbonyl (C=O) groups excluding carboxylic acids is 4. The Morgan fingerprint density at radius 1 is 1.14 bits per heavy atom. The van der Waals surface area contributed by atoms with Gasteiger partial charge in [0.2, 0.25) is 21.8 Å². The largest absolute Gasteiger partial charge is 0.497 e.